The first-order valence-corrected chi connectivity index (χ1v) is 10.5. The minimum absolute atomic E-state index is 0.0335. The van der Waals surface area contributed by atoms with Crippen LogP contribution in [0.25, 0.3) is 0 Å². The van der Waals surface area contributed by atoms with E-state index >= 15 is 0 Å². The number of hydrogen-bond donors (Lipinski definition) is 2. The Morgan fingerprint density at radius 3 is 2.63 bits per heavy atom. The molecule has 10 nitrogen and oxygen atoms in total. The number of nitrogens with two attached hydrogens (primary N) is 1. The van der Waals surface area contributed by atoms with Gasteiger partial charge < -0.3 is 24.7 Å². The molecule has 2 saturated heterocycles. The zero-order chi connectivity index (χ0) is 20.7. The number of rotatable bonds is 3. The molecular weight excluding hydrogens is 388 g/mol. The quantitative estimate of drug-likeness (QED) is 0.727. The monoisotopic (exact) mass is 414 g/mol. The summed E-state index contributed by atoms with van der Waals surface area (Å²) in [6.45, 7) is 4.08. The van der Waals surface area contributed by atoms with Gasteiger partial charge in [-0.25, -0.2) is 9.97 Å². The third-order valence-corrected chi connectivity index (χ3v) is 6.62. The van der Waals surface area contributed by atoms with Crippen molar-refractivity contribution in [1.29, 1.82) is 0 Å². The molecule has 0 bridgehead atoms. The number of H-pyrrole nitrogens is 1. The molecule has 0 atom stereocenters. The molecule has 0 aromatic carbocycles. The number of nitrogens with one attached hydrogen (secondary N) is 1. The molecular formula is C20H26N6O4. The topological polar surface area (TPSA) is 131 Å². The molecule has 0 unspecified atom stereocenters. The van der Waals surface area contributed by atoms with Gasteiger partial charge in [-0.2, -0.15) is 0 Å². The summed E-state index contributed by atoms with van der Waals surface area (Å²) in [7, 11) is 0. The molecule has 5 rings (SSSR count). The number of carbonyl (C=O) groups excluding carboxylic acids is 1. The van der Waals surface area contributed by atoms with Crippen LogP contribution in [0.4, 0.5) is 5.95 Å². The van der Waals surface area contributed by atoms with E-state index in [0.29, 0.717) is 43.8 Å². The summed E-state index contributed by atoms with van der Waals surface area (Å²) in [5, 5.41) is 0. The number of carbonyl (C=O) groups is 1. The van der Waals surface area contributed by atoms with E-state index in [-0.39, 0.29) is 23.4 Å². The van der Waals surface area contributed by atoms with E-state index in [0.717, 1.165) is 50.0 Å². The smallest absolute Gasteiger partial charge is 0.275 e. The Kier molecular flexibility index (Phi) is 4.82. The lowest BCUT2D eigenvalue weighted by atomic mass is 9.76. The van der Waals surface area contributed by atoms with Crippen molar-refractivity contribution in [3.8, 4) is 0 Å². The first kappa shape index (κ1) is 19.3. The highest BCUT2D eigenvalue weighted by molar-refractivity contribution is 5.92. The fourth-order valence-electron chi connectivity index (χ4n) is 4.85. The Balaban J connectivity index is 1.36. The molecule has 2 aliphatic heterocycles. The summed E-state index contributed by atoms with van der Waals surface area (Å²) >= 11 is 0. The summed E-state index contributed by atoms with van der Waals surface area (Å²) in [6, 6.07) is 0. The molecule has 160 valence electrons. The standard InChI is InChI=1S/C20H26N6O4/c21-11-15-22-14(12-30-15)18(28)25-5-3-20(4-6-25)2-1-13-16(20)23-19(24-17(13)27)26-7-9-29-10-8-26/h12H,1-11,21H2,(H,23,24,27). The second-order valence-electron chi connectivity index (χ2n) is 8.22. The summed E-state index contributed by atoms with van der Waals surface area (Å²) in [5.74, 6) is 0.855. The van der Waals surface area contributed by atoms with E-state index in [9.17, 15) is 9.59 Å². The molecule has 2 fully saturated rings. The highest BCUT2D eigenvalue weighted by Crippen LogP contribution is 2.44. The molecule has 0 radical (unpaired) electrons. The van der Waals surface area contributed by atoms with E-state index < -0.39 is 0 Å². The number of aromatic amines is 1. The van der Waals surface area contributed by atoms with E-state index in [1.807, 2.05) is 0 Å². The predicted molar refractivity (Wildman–Crippen MR) is 107 cm³/mol. The number of aromatic nitrogens is 3. The number of ether oxygens (including phenoxy) is 1. The van der Waals surface area contributed by atoms with Crippen LogP contribution in [0.2, 0.25) is 0 Å². The zero-order valence-corrected chi connectivity index (χ0v) is 16.9. The van der Waals surface area contributed by atoms with Gasteiger partial charge in [0, 0.05) is 37.2 Å². The fourth-order valence-corrected chi connectivity index (χ4v) is 4.85. The van der Waals surface area contributed by atoms with Crippen LogP contribution in [-0.2, 0) is 23.1 Å². The zero-order valence-electron chi connectivity index (χ0n) is 16.9. The molecule has 10 heteroatoms. The minimum Gasteiger partial charge on any atom is -0.447 e. The molecule has 2 aromatic heterocycles. The van der Waals surface area contributed by atoms with E-state index in [1.165, 1.54) is 6.26 Å². The second-order valence-corrected chi connectivity index (χ2v) is 8.22. The highest BCUT2D eigenvalue weighted by atomic mass is 16.5. The molecule has 1 aliphatic carbocycles. The lowest BCUT2D eigenvalue weighted by molar-refractivity contribution is 0.0657. The van der Waals surface area contributed by atoms with Gasteiger partial charge in [-0.3, -0.25) is 14.6 Å². The first-order chi connectivity index (χ1) is 14.6. The Morgan fingerprint density at radius 2 is 1.93 bits per heavy atom. The lowest BCUT2D eigenvalue weighted by Crippen LogP contribution is -2.45. The van der Waals surface area contributed by atoms with Crippen molar-refractivity contribution < 1.29 is 13.9 Å². The summed E-state index contributed by atoms with van der Waals surface area (Å²) < 4.78 is 10.6. The molecule has 30 heavy (non-hydrogen) atoms. The van der Waals surface area contributed by atoms with Crippen molar-refractivity contribution in [2.45, 2.75) is 37.6 Å². The predicted octanol–water partition coefficient (Wildman–Crippen LogP) is 0.173. The van der Waals surface area contributed by atoms with Gasteiger partial charge in [-0.15, -0.1) is 0 Å². The van der Waals surface area contributed by atoms with Crippen molar-refractivity contribution in [3.63, 3.8) is 0 Å². The van der Waals surface area contributed by atoms with Crippen molar-refractivity contribution in [2.24, 2.45) is 5.73 Å². The summed E-state index contributed by atoms with van der Waals surface area (Å²) in [6.07, 6.45) is 4.57. The number of nitrogens with zero attached hydrogens (tertiary/aromatic N) is 4. The Morgan fingerprint density at radius 1 is 1.17 bits per heavy atom. The average Bonchev–Trinajstić information content (AvgIpc) is 3.40. The van der Waals surface area contributed by atoms with E-state index in [2.05, 4.69) is 14.9 Å². The number of oxazole rings is 1. The van der Waals surface area contributed by atoms with Crippen molar-refractivity contribution >= 4 is 11.9 Å². The molecule has 1 spiro atoms. The Bertz CT molecular complexity index is 1000. The number of amides is 1. The third kappa shape index (κ3) is 3.20. The molecule has 2 aromatic rings. The van der Waals surface area contributed by atoms with E-state index in [4.69, 9.17) is 19.9 Å². The number of piperidine rings is 1. The lowest BCUT2D eigenvalue weighted by Gasteiger charge is -2.39. The second kappa shape index (κ2) is 7.51. The summed E-state index contributed by atoms with van der Waals surface area (Å²) in [5.41, 5.74) is 7.36. The molecule has 3 aliphatic rings. The number of likely N-dealkylation sites (tertiary alicyclic amines) is 1. The van der Waals surface area contributed by atoms with Crippen LogP contribution in [-0.4, -0.2) is 65.2 Å². The van der Waals surface area contributed by atoms with Gasteiger partial charge in [0.15, 0.2) is 5.69 Å². The van der Waals surface area contributed by atoms with Crippen LogP contribution in [0.15, 0.2) is 15.5 Å². The van der Waals surface area contributed by atoms with Crippen LogP contribution < -0.4 is 16.2 Å². The van der Waals surface area contributed by atoms with E-state index in [1.54, 1.807) is 4.90 Å². The Hall–Kier alpha value is -2.72. The largest absolute Gasteiger partial charge is 0.447 e. The number of morpholine rings is 1. The highest BCUT2D eigenvalue weighted by Gasteiger charge is 2.45. The maximum Gasteiger partial charge on any atom is 0.275 e. The SMILES string of the molecule is NCc1nc(C(=O)N2CCC3(CCc4c3nc(N3CCOCC3)[nH]c4=O)CC2)co1. The van der Waals surface area contributed by atoms with Crippen LogP contribution in [0, 0.1) is 0 Å². The molecule has 3 N–H and O–H groups in total. The average molecular weight is 414 g/mol. The van der Waals surface area contributed by atoms with Crippen LogP contribution in [0.3, 0.4) is 0 Å². The normalized spacial score (nSPS) is 20.6. The van der Waals surface area contributed by atoms with Crippen LogP contribution in [0.1, 0.15) is 46.9 Å². The first-order valence-electron chi connectivity index (χ1n) is 10.5. The number of hydrogen-bond acceptors (Lipinski definition) is 8. The van der Waals surface area contributed by atoms with Crippen molar-refractivity contribution in [3.05, 3.63) is 39.5 Å². The number of fused-ring (bicyclic) bond motifs is 2. The molecule has 4 heterocycles. The Labute approximate surface area is 173 Å². The van der Waals surface area contributed by atoms with Crippen LogP contribution in [0.5, 0.6) is 0 Å². The molecule has 1 amide bonds. The molecule has 0 saturated carbocycles. The maximum absolute atomic E-state index is 12.8. The number of anilines is 1. The van der Waals surface area contributed by atoms with Gasteiger partial charge in [0.25, 0.3) is 11.5 Å². The fraction of sp³-hybridized carbons (Fsp3) is 0.600. The van der Waals surface area contributed by atoms with Gasteiger partial charge >= 0.3 is 0 Å². The maximum atomic E-state index is 12.8. The van der Waals surface area contributed by atoms with Gasteiger partial charge in [0.05, 0.1) is 25.5 Å². The van der Waals surface area contributed by atoms with Crippen molar-refractivity contribution in [1.82, 2.24) is 19.9 Å². The van der Waals surface area contributed by atoms with Gasteiger partial charge in [-0.1, -0.05) is 0 Å². The van der Waals surface area contributed by atoms with Gasteiger partial charge in [-0.05, 0) is 25.7 Å². The minimum atomic E-state index is -0.145. The van der Waals surface area contributed by atoms with Crippen LogP contribution >= 0.6 is 0 Å². The van der Waals surface area contributed by atoms with Crippen molar-refractivity contribution in [2.75, 3.05) is 44.3 Å². The third-order valence-electron chi connectivity index (χ3n) is 6.62. The van der Waals surface area contributed by atoms with Gasteiger partial charge in [0.1, 0.15) is 6.26 Å². The summed E-state index contributed by atoms with van der Waals surface area (Å²) in [4.78, 5) is 41.4. The van der Waals surface area contributed by atoms with Gasteiger partial charge in [0.2, 0.25) is 11.8 Å².